The van der Waals surface area contributed by atoms with E-state index in [1.807, 2.05) is 30.3 Å². The van der Waals surface area contributed by atoms with Crippen LogP contribution in [0.3, 0.4) is 0 Å². The fraction of sp³-hybridized carbons (Fsp3) is 0.118. The summed E-state index contributed by atoms with van der Waals surface area (Å²) in [4.78, 5) is 35.3. The molecule has 0 fully saturated rings. The standard InChI is InChI=1S/C17H13N5O3S/c1-21(10-13-19-14(20-25-13)11-5-3-2-4-6-11)15(23)12-9-18-17-22(16(12)24)7-8-26-17/h2-9H,10H2,1H3. The summed E-state index contributed by atoms with van der Waals surface area (Å²) in [6.45, 7) is 0.0877. The summed E-state index contributed by atoms with van der Waals surface area (Å²) in [5.74, 6) is 0.273. The molecule has 0 saturated carbocycles. The molecule has 130 valence electrons. The van der Waals surface area contributed by atoms with E-state index in [0.29, 0.717) is 10.8 Å². The van der Waals surface area contributed by atoms with E-state index in [2.05, 4.69) is 15.1 Å². The smallest absolute Gasteiger partial charge is 0.271 e. The van der Waals surface area contributed by atoms with E-state index in [1.54, 1.807) is 18.6 Å². The van der Waals surface area contributed by atoms with E-state index in [0.717, 1.165) is 5.56 Å². The molecule has 0 atom stereocenters. The van der Waals surface area contributed by atoms with Gasteiger partial charge in [-0.05, 0) is 0 Å². The van der Waals surface area contributed by atoms with Gasteiger partial charge in [0, 0.05) is 30.4 Å². The summed E-state index contributed by atoms with van der Waals surface area (Å²) in [7, 11) is 1.57. The highest BCUT2D eigenvalue weighted by Gasteiger charge is 2.20. The number of carbonyl (C=O) groups is 1. The number of aromatic nitrogens is 4. The molecule has 0 aliphatic rings. The molecule has 3 aromatic heterocycles. The number of hydrogen-bond donors (Lipinski definition) is 0. The third-order valence-corrected chi connectivity index (χ3v) is 4.56. The zero-order chi connectivity index (χ0) is 18.1. The van der Waals surface area contributed by atoms with Crippen molar-refractivity contribution in [3.8, 4) is 11.4 Å². The van der Waals surface area contributed by atoms with Crippen molar-refractivity contribution in [1.82, 2.24) is 24.4 Å². The third kappa shape index (κ3) is 2.88. The van der Waals surface area contributed by atoms with Gasteiger partial charge in [-0.2, -0.15) is 4.98 Å². The molecular weight excluding hydrogens is 354 g/mol. The highest BCUT2D eigenvalue weighted by Crippen LogP contribution is 2.15. The predicted molar refractivity (Wildman–Crippen MR) is 94.9 cm³/mol. The first-order chi connectivity index (χ1) is 12.6. The van der Waals surface area contributed by atoms with Crippen LogP contribution in [0.2, 0.25) is 0 Å². The molecule has 0 radical (unpaired) electrons. The van der Waals surface area contributed by atoms with E-state index in [1.165, 1.54) is 26.8 Å². The van der Waals surface area contributed by atoms with Gasteiger partial charge in [-0.1, -0.05) is 35.5 Å². The molecule has 0 spiro atoms. The number of nitrogens with zero attached hydrogens (tertiary/aromatic N) is 5. The SMILES string of the molecule is CN(Cc1nc(-c2ccccc2)no1)C(=O)c1cnc2sccn2c1=O. The van der Waals surface area contributed by atoms with Crippen LogP contribution in [0.5, 0.6) is 0 Å². The van der Waals surface area contributed by atoms with Gasteiger partial charge >= 0.3 is 0 Å². The van der Waals surface area contributed by atoms with Crippen LogP contribution in [0, 0.1) is 0 Å². The number of carbonyl (C=O) groups excluding carboxylic acids is 1. The fourth-order valence-corrected chi connectivity index (χ4v) is 3.15. The van der Waals surface area contributed by atoms with Gasteiger partial charge in [0.05, 0.1) is 0 Å². The number of thiazole rings is 1. The number of rotatable bonds is 4. The minimum Gasteiger partial charge on any atom is -0.337 e. The lowest BCUT2D eigenvalue weighted by molar-refractivity contribution is 0.0767. The van der Waals surface area contributed by atoms with Crippen molar-refractivity contribution in [1.29, 1.82) is 0 Å². The predicted octanol–water partition coefficient (Wildman–Crippen LogP) is 2.08. The van der Waals surface area contributed by atoms with Crippen LogP contribution >= 0.6 is 11.3 Å². The van der Waals surface area contributed by atoms with Crippen molar-refractivity contribution in [3.63, 3.8) is 0 Å². The van der Waals surface area contributed by atoms with E-state index in [9.17, 15) is 9.59 Å². The van der Waals surface area contributed by atoms with E-state index < -0.39 is 11.5 Å². The summed E-state index contributed by atoms with van der Waals surface area (Å²) < 4.78 is 6.56. The van der Waals surface area contributed by atoms with Gasteiger partial charge < -0.3 is 9.42 Å². The van der Waals surface area contributed by atoms with Crippen molar-refractivity contribution in [2.24, 2.45) is 0 Å². The molecular formula is C17H13N5O3S. The van der Waals surface area contributed by atoms with Gasteiger partial charge in [-0.3, -0.25) is 14.0 Å². The second kappa shape index (κ2) is 6.52. The zero-order valence-corrected chi connectivity index (χ0v) is 14.5. The van der Waals surface area contributed by atoms with Gasteiger partial charge in [0.15, 0.2) is 4.96 Å². The highest BCUT2D eigenvalue weighted by atomic mass is 32.1. The number of benzene rings is 1. The van der Waals surface area contributed by atoms with Crippen LogP contribution in [0.4, 0.5) is 0 Å². The highest BCUT2D eigenvalue weighted by molar-refractivity contribution is 7.15. The van der Waals surface area contributed by atoms with Crippen molar-refractivity contribution >= 4 is 22.2 Å². The first-order valence-corrected chi connectivity index (χ1v) is 8.60. The molecule has 1 amide bonds. The zero-order valence-electron chi connectivity index (χ0n) is 13.7. The Bertz CT molecular complexity index is 1130. The first-order valence-electron chi connectivity index (χ1n) is 7.72. The second-order valence-electron chi connectivity index (χ2n) is 5.57. The lowest BCUT2D eigenvalue weighted by Crippen LogP contribution is -2.32. The van der Waals surface area contributed by atoms with Crippen molar-refractivity contribution < 1.29 is 9.32 Å². The van der Waals surface area contributed by atoms with Gasteiger partial charge in [0.2, 0.25) is 11.7 Å². The fourth-order valence-electron chi connectivity index (χ4n) is 2.48. The average molecular weight is 367 g/mol. The maximum Gasteiger partial charge on any atom is 0.271 e. The largest absolute Gasteiger partial charge is 0.337 e. The number of fused-ring (bicyclic) bond motifs is 1. The van der Waals surface area contributed by atoms with E-state index in [-0.39, 0.29) is 18.0 Å². The minimum atomic E-state index is -0.456. The lowest BCUT2D eigenvalue weighted by Gasteiger charge is -2.13. The quantitative estimate of drug-likeness (QED) is 0.548. The molecule has 3 heterocycles. The Hall–Kier alpha value is -3.33. The molecule has 4 rings (SSSR count). The Morgan fingerprint density at radius 2 is 2.12 bits per heavy atom. The summed E-state index contributed by atoms with van der Waals surface area (Å²) >= 11 is 1.33. The number of hydrogen-bond acceptors (Lipinski definition) is 7. The summed E-state index contributed by atoms with van der Waals surface area (Å²) in [6.07, 6.45) is 2.90. The lowest BCUT2D eigenvalue weighted by atomic mass is 10.2. The molecule has 8 nitrogen and oxygen atoms in total. The Labute approximate surface area is 151 Å². The van der Waals surface area contributed by atoms with Gasteiger partial charge in [0.25, 0.3) is 11.5 Å². The maximum atomic E-state index is 12.6. The van der Waals surface area contributed by atoms with Gasteiger partial charge in [-0.15, -0.1) is 11.3 Å². The van der Waals surface area contributed by atoms with Crippen molar-refractivity contribution in [2.45, 2.75) is 6.54 Å². The maximum absolute atomic E-state index is 12.6. The summed E-state index contributed by atoms with van der Waals surface area (Å²) in [5.41, 5.74) is 0.414. The number of amides is 1. The van der Waals surface area contributed by atoms with Crippen LogP contribution in [0.25, 0.3) is 16.3 Å². The van der Waals surface area contributed by atoms with E-state index in [4.69, 9.17) is 4.52 Å². The molecule has 0 aliphatic heterocycles. The Kier molecular flexibility index (Phi) is 4.05. The monoisotopic (exact) mass is 367 g/mol. The topological polar surface area (TPSA) is 93.6 Å². The Balaban J connectivity index is 1.55. The molecule has 4 aromatic rings. The third-order valence-electron chi connectivity index (χ3n) is 3.79. The van der Waals surface area contributed by atoms with Gasteiger partial charge in [-0.25, -0.2) is 4.98 Å². The first kappa shape index (κ1) is 16.2. The van der Waals surface area contributed by atoms with E-state index >= 15 is 0 Å². The molecule has 0 aliphatic carbocycles. The van der Waals surface area contributed by atoms with Crippen molar-refractivity contribution in [2.75, 3.05) is 7.05 Å². The average Bonchev–Trinajstić information content (AvgIpc) is 3.32. The molecule has 0 unspecified atom stereocenters. The summed E-state index contributed by atoms with van der Waals surface area (Å²) in [6, 6.07) is 9.39. The van der Waals surface area contributed by atoms with Crippen LogP contribution in [-0.4, -0.2) is 37.4 Å². The molecule has 0 bridgehead atoms. The van der Waals surface area contributed by atoms with Crippen LogP contribution in [0.1, 0.15) is 16.2 Å². The molecule has 26 heavy (non-hydrogen) atoms. The Morgan fingerprint density at radius 3 is 2.92 bits per heavy atom. The van der Waals surface area contributed by atoms with Crippen molar-refractivity contribution in [3.05, 3.63) is 69.9 Å². The molecule has 9 heteroatoms. The molecule has 0 saturated heterocycles. The summed E-state index contributed by atoms with van der Waals surface area (Å²) in [5, 5.41) is 5.66. The second-order valence-corrected chi connectivity index (χ2v) is 6.44. The molecule has 0 N–H and O–H groups in total. The minimum absolute atomic E-state index is 0.00815. The Morgan fingerprint density at radius 1 is 1.31 bits per heavy atom. The van der Waals surface area contributed by atoms with Crippen LogP contribution in [0.15, 0.2) is 57.4 Å². The molecule has 1 aromatic carbocycles. The van der Waals surface area contributed by atoms with Crippen LogP contribution < -0.4 is 5.56 Å². The normalized spacial score (nSPS) is 11.0. The van der Waals surface area contributed by atoms with Crippen LogP contribution in [-0.2, 0) is 6.54 Å². The van der Waals surface area contributed by atoms with Gasteiger partial charge in [0.1, 0.15) is 12.1 Å².